The predicted molar refractivity (Wildman–Crippen MR) is 108 cm³/mol. The van der Waals surface area contributed by atoms with Gasteiger partial charge in [-0.3, -0.25) is 9.78 Å². The molecule has 140 valence electrons. The Labute approximate surface area is 165 Å². The second kappa shape index (κ2) is 7.72. The van der Waals surface area contributed by atoms with E-state index in [1.807, 2.05) is 6.07 Å². The van der Waals surface area contributed by atoms with Crippen molar-refractivity contribution in [1.29, 1.82) is 0 Å². The fourth-order valence-corrected chi connectivity index (χ4v) is 3.01. The van der Waals surface area contributed by atoms with Crippen LogP contribution in [0.4, 0.5) is 0 Å². The van der Waals surface area contributed by atoms with Gasteiger partial charge in [0.25, 0.3) is 5.56 Å². The van der Waals surface area contributed by atoms with Crippen molar-refractivity contribution in [2.45, 2.75) is 6.54 Å². The van der Waals surface area contributed by atoms with E-state index in [-0.39, 0.29) is 15.4 Å². The van der Waals surface area contributed by atoms with Crippen molar-refractivity contribution in [3.05, 3.63) is 57.3 Å². The highest BCUT2D eigenvalue weighted by molar-refractivity contribution is 7.80. The smallest absolute Gasteiger partial charge is 0.252 e. The van der Waals surface area contributed by atoms with Crippen molar-refractivity contribution in [2.24, 2.45) is 5.73 Å². The number of thiocarbonyl (C=S) groups is 1. The van der Waals surface area contributed by atoms with Crippen molar-refractivity contribution < 1.29 is 9.47 Å². The molecule has 0 aliphatic carbocycles. The van der Waals surface area contributed by atoms with Gasteiger partial charge in [0.15, 0.2) is 9.88 Å². The van der Waals surface area contributed by atoms with Crippen LogP contribution >= 0.6 is 24.4 Å². The van der Waals surface area contributed by atoms with Gasteiger partial charge in [0.05, 0.1) is 32.2 Å². The van der Waals surface area contributed by atoms with Crippen LogP contribution in [-0.4, -0.2) is 38.7 Å². The van der Waals surface area contributed by atoms with Crippen LogP contribution in [0.15, 0.2) is 41.3 Å². The molecule has 0 saturated heterocycles. The number of nitrogens with one attached hydrogen (secondary N) is 1. The molecule has 8 nitrogen and oxygen atoms in total. The van der Waals surface area contributed by atoms with Gasteiger partial charge in [-0.15, -0.1) is 0 Å². The quantitative estimate of drug-likeness (QED) is 0.628. The number of aromatic nitrogens is 4. The molecule has 3 aromatic rings. The summed E-state index contributed by atoms with van der Waals surface area (Å²) < 4.78 is 14.1. The molecule has 10 heteroatoms. The topological polar surface area (TPSA) is 100 Å². The van der Waals surface area contributed by atoms with Crippen LogP contribution in [0.25, 0.3) is 11.3 Å². The second-order valence-corrected chi connectivity index (χ2v) is 6.37. The molecule has 2 aromatic heterocycles. The van der Waals surface area contributed by atoms with E-state index in [1.54, 1.807) is 43.2 Å². The minimum absolute atomic E-state index is 0.142. The molecule has 0 aliphatic heterocycles. The van der Waals surface area contributed by atoms with Gasteiger partial charge in [0, 0.05) is 23.9 Å². The lowest BCUT2D eigenvalue weighted by Gasteiger charge is -2.16. The summed E-state index contributed by atoms with van der Waals surface area (Å²) in [5, 5.41) is 4.46. The first kappa shape index (κ1) is 18.8. The van der Waals surface area contributed by atoms with Gasteiger partial charge in [-0.05, 0) is 42.6 Å². The van der Waals surface area contributed by atoms with E-state index < -0.39 is 0 Å². The van der Waals surface area contributed by atoms with Crippen LogP contribution in [0.5, 0.6) is 11.5 Å². The third kappa shape index (κ3) is 3.91. The highest BCUT2D eigenvalue weighted by Gasteiger charge is 2.14. The number of benzene rings is 1. The van der Waals surface area contributed by atoms with Crippen molar-refractivity contribution in [3.63, 3.8) is 0 Å². The molecule has 0 unspecified atom stereocenters. The maximum absolute atomic E-state index is 12.1. The Morgan fingerprint density at radius 2 is 2.04 bits per heavy atom. The lowest BCUT2D eigenvalue weighted by Crippen LogP contribution is -2.20. The predicted octanol–water partition coefficient (Wildman–Crippen LogP) is 1.93. The van der Waals surface area contributed by atoms with Gasteiger partial charge >= 0.3 is 0 Å². The van der Waals surface area contributed by atoms with Crippen LogP contribution in [0.2, 0.25) is 0 Å². The fourth-order valence-electron chi connectivity index (χ4n) is 2.64. The summed E-state index contributed by atoms with van der Waals surface area (Å²) in [5.74, 6) is 1.19. The van der Waals surface area contributed by atoms with E-state index in [4.69, 9.17) is 39.6 Å². The molecule has 0 atom stereocenters. The van der Waals surface area contributed by atoms with Crippen molar-refractivity contribution in [3.8, 4) is 22.8 Å². The Morgan fingerprint density at radius 1 is 1.26 bits per heavy atom. The van der Waals surface area contributed by atoms with Gasteiger partial charge < -0.3 is 19.8 Å². The molecule has 27 heavy (non-hydrogen) atoms. The lowest BCUT2D eigenvalue weighted by molar-refractivity contribution is 0.395. The molecule has 0 amide bonds. The first-order chi connectivity index (χ1) is 12.9. The first-order valence-electron chi connectivity index (χ1n) is 7.84. The summed E-state index contributed by atoms with van der Waals surface area (Å²) in [5.41, 5.74) is 7.25. The highest BCUT2D eigenvalue weighted by Crippen LogP contribution is 2.33. The molecular formula is C17H17N5O3S2. The third-order valence-electron chi connectivity index (χ3n) is 3.91. The zero-order valence-corrected chi connectivity index (χ0v) is 16.3. The van der Waals surface area contributed by atoms with Crippen molar-refractivity contribution in [1.82, 2.24) is 19.3 Å². The molecule has 1 aromatic carbocycles. The Kier molecular flexibility index (Phi) is 5.38. The van der Waals surface area contributed by atoms with Gasteiger partial charge in [-0.25, -0.2) is 4.68 Å². The molecule has 0 fully saturated rings. The summed E-state index contributed by atoms with van der Waals surface area (Å²) in [6, 6.07) is 8.58. The SMILES string of the molecule is COc1ccc(-c2cc(=O)[nH]c(=S)n2Cc2ccn(C(N)=S)n2)c(OC)c1. The Morgan fingerprint density at radius 3 is 2.67 bits per heavy atom. The largest absolute Gasteiger partial charge is 0.497 e. The maximum atomic E-state index is 12.1. The van der Waals surface area contributed by atoms with E-state index in [0.29, 0.717) is 35.0 Å². The number of H-pyrrole nitrogens is 1. The van der Waals surface area contributed by atoms with E-state index >= 15 is 0 Å². The number of methoxy groups -OCH3 is 2. The Hall–Kier alpha value is -2.98. The summed E-state index contributed by atoms with van der Waals surface area (Å²) in [6.07, 6.45) is 1.67. The normalized spacial score (nSPS) is 10.6. The number of rotatable bonds is 5. The summed E-state index contributed by atoms with van der Waals surface area (Å²) in [4.78, 5) is 14.7. The maximum Gasteiger partial charge on any atom is 0.252 e. The van der Waals surface area contributed by atoms with E-state index in [9.17, 15) is 4.79 Å². The van der Waals surface area contributed by atoms with Crippen LogP contribution in [0, 0.1) is 4.77 Å². The number of ether oxygens (including phenoxy) is 2. The van der Waals surface area contributed by atoms with Gasteiger partial charge in [0.1, 0.15) is 11.5 Å². The summed E-state index contributed by atoms with van der Waals surface area (Å²) in [7, 11) is 3.12. The molecule has 2 heterocycles. The van der Waals surface area contributed by atoms with Crippen molar-refractivity contribution >= 4 is 29.5 Å². The van der Waals surface area contributed by atoms with E-state index in [2.05, 4.69) is 10.1 Å². The number of aromatic amines is 1. The fraction of sp³-hybridized carbons (Fsp3) is 0.176. The van der Waals surface area contributed by atoms with Crippen molar-refractivity contribution in [2.75, 3.05) is 14.2 Å². The van der Waals surface area contributed by atoms with E-state index in [1.165, 1.54) is 10.7 Å². The molecule has 0 aliphatic rings. The zero-order valence-electron chi connectivity index (χ0n) is 14.6. The molecule has 0 saturated carbocycles. The van der Waals surface area contributed by atoms with Crippen LogP contribution in [-0.2, 0) is 6.54 Å². The molecule has 0 bridgehead atoms. The minimum Gasteiger partial charge on any atom is -0.497 e. The molecule has 0 radical (unpaired) electrons. The Bertz CT molecular complexity index is 1120. The van der Waals surface area contributed by atoms with Crippen LogP contribution < -0.4 is 20.8 Å². The summed E-state index contributed by atoms with van der Waals surface area (Å²) in [6.45, 7) is 0.315. The second-order valence-electron chi connectivity index (χ2n) is 5.57. The van der Waals surface area contributed by atoms with Crippen LogP contribution in [0.1, 0.15) is 5.69 Å². The van der Waals surface area contributed by atoms with Gasteiger partial charge in [0.2, 0.25) is 0 Å². The molecule has 0 spiro atoms. The number of nitrogens with zero attached hydrogens (tertiary/aromatic N) is 3. The molecule has 3 rings (SSSR count). The molecule has 3 N–H and O–H groups in total. The van der Waals surface area contributed by atoms with Crippen LogP contribution in [0.3, 0.4) is 0 Å². The average molecular weight is 403 g/mol. The number of hydrogen-bond acceptors (Lipinski definition) is 6. The highest BCUT2D eigenvalue weighted by atomic mass is 32.1. The lowest BCUT2D eigenvalue weighted by atomic mass is 10.1. The number of nitrogens with two attached hydrogens (primary N) is 1. The third-order valence-corrected chi connectivity index (χ3v) is 4.42. The standard InChI is InChI=1S/C17H17N5O3S2/c1-24-11-3-4-12(14(7-11)25-2)13-8-15(23)19-17(27)21(13)9-10-5-6-22(20-10)16(18)26/h3-8H,9H2,1-2H3,(H2,18,26)(H,19,23,27). The number of hydrogen-bond donors (Lipinski definition) is 2. The zero-order chi connectivity index (χ0) is 19.6. The molecular weight excluding hydrogens is 386 g/mol. The Balaban J connectivity index is 2.14. The van der Waals surface area contributed by atoms with Gasteiger partial charge in [-0.2, -0.15) is 5.10 Å². The van der Waals surface area contributed by atoms with Gasteiger partial charge in [-0.1, -0.05) is 0 Å². The summed E-state index contributed by atoms with van der Waals surface area (Å²) >= 11 is 10.3. The minimum atomic E-state index is -0.308. The first-order valence-corrected chi connectivity index (χ1v) is 8.65. The monoisotopic (exact) mass is 403 g/mol. The average Bonchev–Trinajstić information content (AvgIpc) is 3.12. The van der Waals surface area contributed by atoms with E-state index in [0.717, 1.165) is 0 Å².